The summed E-state index contributed by atoms with van der Waals surface area (Å²) in [6, 6.07) is 0. The van der Waals surface area contributed by atoms with E-state index >= 15 is 0 Å². The van der Waals surface area contributed by atoms with Crippen LogP contribution in [0.2, 0.25) is 0 Å². The van der Waals surface area contributed by atoms with Crippen LogP contribution >= 0.6 is 0 Å². The fourth-order valence-corrected chi connectivity index (χ4v) is 6.99. The van der Waals surface area contributed by atoms with Crippen molar-refractivity contribution in [2.45, 2.75) is 92.3 Å². The molecule has 4 aliphatic rings. The molecule has 0 aromatic carbocycles. The topological polar surface area (TPSA) is 77.3 Å². The molecular formula is C22H34N2O4. The molecule has 0 heterocycles. The van der Waals surface area contributed by atoms with Crippen molar-refractivity contribution in [1.29, 1.82) is 0 Å². The molecule has 4 saturated carbocycles. The minimum atomic E-state index is -0.786. The largest absolute Gasteiger partial charge is 0.452 e. The number of fused-ring (bicyclic) bond motifs is 4. The van der Waals surface area contributed by atoms with E-state index in [4.69, 9.17) is 9.47 Å². The first-order valence-electron chi connectivity index (χ1n) is 10.7. The van der Waals surface area contributed by atoms with Gasteiger partial charge in [0.25, 0.3) is 0 Å². The highest BCUT2D eigenvalue weighted by Crippen LogP contribution is 2.67. The van der Waals surface area contributed by atoms with Crippen molar-refractivity contribution >= 4 is 12.2 Å². The third kappa shape index (κ3) is 2.51. The minimum absolute atomic E-state index is 0.0351. The Bertz CT molecular complexity index is 670. The summed E-state index contributed by atoms with van der Waals surface area (Å²) >= 11 is 0. The number of hydrogen-bond acceptors (Lipinski definition) is 4. The van der Waals surface area contributed by atoms with Crippen LogP contribution in [0.3, 0.4) is 0 Å². The first-order chi connectivity index (χ1) is 12.9. The van der Waals surface area contributed by atoms with Crippen LogP contribution in [0.4, 0.5) is 9.59 Å². The van der Waals surface area contributed by atoms with E-state index in [0.29, 0.717) is 11.8 Å². The fraction of sp³-hybridized carbons (Fsp3) is 0.909. The molecular weight excluding hydrogens is 356 g/mol. The molecule has 0 radical (unpaired) electrons. The number of ether oxygens (including phenoxy) is 2. The van der Waals surface area contributed by atoms with Gasteiger partial charge in [-0.05, 0) is 61.2 Å². The smallest absolute Gasteiger partial charge is 0.443 e. The molecule has 6 heteroatoms. The average Bonchev–Trinajstić information content (AvgIpc) is 3.12. The maximum Gasteiger partial charge on any atom is 0.452 e. The number of carbonyl (C=O) groups is 2. The van der Waals surface area contributed by atoms with E-state index in [1.54, 1.807) is 0 Å². The number of amides is 2. The molecule has 0 N–H and O–H groups in total. The Morgan fingerprint density at radius 1 is 0.714 bits per heavy atom. The Hall–Kier alpha value is -1.46. The molecule has 6 nitrogen and oxygen atoms in total. The van der Waals surface area contributed by atoms with Crippen LogP contribution in [-0.4, -0.2) is 24.4 Å². The van der Waals surface area contributed by atoms with Crippen molar-refractivity contribution in [3.63, 3.8) is 0 Å². The van der Waals surface area contributed by atoms with Gasteiger partial charge in [0.15, 0.2) is 0 Å². The van der Waals surface area contributed by atoms with Gasteiger partial charge >= 0.3 is 12.2 Å². The molecule has 0 aliphatic heterocycles. The van der Waals surface area contributed by atoms with Crippen LogP contribution in [0.5, 0.6) is 0 Å². The van der Waals surface area contributed by atoms with Crippen LogP contribution in [0.1, 0.15) is 80.1 Å². The molecule has 28 heavy (non-hydrogen) atoms. The highest BCUT2D eigenvalue weighted by atomic mass is 16.6. The van der Waals surface area contributed by atoms with E-state index in [0.717, 1.165) is 25.7 Å². The van der Waals surface area contributed by atoms with Crippen LogP contribution in [-0.2, 0) is 9.47 Å². The summed E-state index contributed by atoms with van der Waals surface area (Å²) in [5, 5.41) is 7.01. The molecule has 0 unspecified atom stereocenters. The van der Waals surface area contributed by atoms with E-state index in [-0.39, 0.29) is 33.9 Å². The Morgan fingerprint density at radius 3 is 1.32 bits per heavy atom. The number of nitrogens with zero attached hydrogens (tertiary/aromatic N) is 2. The summed E-state index contributed by atoms with van der Waals surface area (Å²) in [6.07, 6.45) is 4.32. The number of carbonyl (C=O) groups excluding carboxylic acids is 2. The molecule has 0 spiro atoms. The zero-order chi connectivity index (χ0) is 20.5. The third-order valence-electron chi connectivity index (χ3n) is 10.1. The molecule has 6 atom stereocenters. The molecule has 4 rings (SSSR count). The van der Waals surface area contributed by atoms with E-state index in [1.165, 1.54) is 12.8 Å². The normalized spacial score (nSPS) is 44.9. The van der Waals surface area contributed by atoms with Crippen molar-refractivity contribution in [2.75, 3.05) is 0 Å². The van der Waals surface area contributed by atoms with Crippen molar-refractivity contribution in [1.82, 2.24) is 0 Å². The van der Waals surface area contributed by atoms with E-state index in [9.17, 15) is 9.59 Å². The van der Waals surface area contributed by atoms with E-state index in [2.05, 4.69) is 51.8 Å². The second-order valence-corrected chi connectivity index (χ2v) is 11.2. The first-order valence-corrected chi connectivity index (χ1v) is 10.7. The molecule has 4 aliphatic carbocycles. The molecule has 0 aromatic heterocycles. The molecule has 4 fully saturated rings. The summed E-state index contributed by atoms with van der Waals surface area (Å²) in [6.45, 7) is 13.4. The van der Waals surface area contributed by atoms with Gasteiger partial charge in [-0.15, -0.1) is 0 Å². The number of azo groups is 1. The Balaban J connectivity index is 1.33. The molecule has 2 amide bonds. The van der Waals surface area contributed by atoms with Gasteiger partial charge in [-0.25, -0.2) is 9.59 Å². The van der Waals surface area contributed by atoms with Gasteiger partial charge in [-0.1, -0.05) is 51.8 Å². The van der Waals surface area contributed by atoms with Gasteiger partial charge in [0.2, 0.25) is 0 Å². The van der Waals surface area contributed by atoms with Gasteiger partial charge in [0.05, 0.1) is 0 Å². The first kappa shape index (κ1) is 19.8. The monoisotopic (exact) mass is 390 g/mol. The summed E-state index contributed by atoms with van der Waals surface area (Å²) in [4.78, 5) is 24.3. The maximum atomic E-state index is 12.2. The molecule has 4 bridgehead atoms. The van der Waals surface area contributed by atoms with Gasteiger partial charge < -0.3 is 9.47 Å². The lowest BCUT2D eigenvalue weighted by Crippen LogP contribution is -2.38. The predicted octanol–water partition coefficient (Wildman–Crippen LogP) is 6.14. The molecule has 0 saturated heterocycles. The SMILES string of the molecule is CC1(C)[C@H]2CC[C@@]1(C)[C@@H](OC(=O)N=NC(=O)O[C@H]1C[C@H]3CC[C@@]1(C)C3(C)C)C2. The fourth-order valence-electron chi connectivity index (χ4n) is 6.99. The summed E-state index contributed by atoms with van der Waals surface area (Å²) < 4.78 is 11.2. The highest BCUT2D eigenvalue weighted by molar-refractivity contribution is 5.73. The van der Waals surface area contributed by atoms with Crippen molar-refractivity contribution < 1.29 is 19.1 Å². The predicted molar refractivity (Wildman–Crippen MR) is 104 cm³/mol. The van der Waals surface area contributed by atoms with Crippen molar-refractivity contribution in [3.05, 3.63) is 0 Å². The Morgan fingerprint density at radius 2 is 1.07 bits per heavy atom. The Labute approximate surface area is 167 Å². The average molecular weight is 391 g/mol. The lowest BCUT2D eigenvalue weighted by molar-refractivity contribution is -0.00458. The lowest BCUT2D eigenvalue weighted by atomic mass is 9.70. The highest BCUT2D eigenvalue weighted by Gasteiger charge is 2.64. The molecule has 156 valence electrons. The van der Waals surface area contributed by atoms with Crippen LogP contribution in [0.15, 0.2) is 10.2 Å². The standard InChI is InChI=1S/C22H34N2O4/c1-19(2)13-7-9-21(19,5)15(11-13)27-17(25)23-24-18(26)28-16-12-14-8-10-22(16,6)20(14,3)4/h13-16H,7-12H2,1-6H3/t13-,14+,15-,16-,21-,22+/m0/s1. The maximum absolute atomic E-state index is 12.2. The van der Waals surface area contributed by atoms with Crippen LogP contribution < -0.4 is 0 Å². The van der Waals surface area contributed by atoms with Gasteiger partial charge in [-0.2, -0.15) is 0 Å². The van der Waals surface area contributed by atoms with E-state index in [1.807, 2.05) is 0 Å². The Kier molecular flexibility index (Phi) is 4.27. The second-order valence-electron chi connectivity index (χ2n) is 11.2. The van der Waals surface area contributed by atoms with Gasteiger partial charge in [-0.3, -0.25) is 0 Å². The van der Waals surface area contributed by atoms with Gasteiger partial charge in [0, 0.05) is 10.8 Å². The quantitative estimate of drug-likeness (QED) is 0.530. The number of rotatable bonds is 2. The number of hydrogen-bond donors (Lipinski definition) is 0. The van der Waals surface area contributed by atoms with Crippen LogP contribution in [0, 0.1) is 33.5 Å². The summed E-state index contributed by atoms with van der Waals surface area (Å²) in [7, 11) is 0. The second kappa shape index (κ2) is 6.02. The van der Waals surface area contributed by atoms with Crippen molar-refractivity contribution in [3.8, 4) is 0 Å². The van der Waals surface area contributed by atoms with E-state index < -0.39 is 12.2 Å². The zero-order valence-electron chi connectivity index (χ0n) is 18.1. The summed E-state index contributed by atoms with van der Waals surface area (Å²) in [5.74, 6) is 1.14. The third-order valence-corrected chi connectivity index (χ3v) is 10.1. The van der Waals surface area contributed by atoms with Crippen LogP contribution in [0.25, 0.3) is 0 Å². The molecule has 0 aromatic rings. The summed E-state index contributed by atoms with van der Waals surface area (Å²) in [5.41, 5.74) is 0.231. The van der Waals surface area contributed by atoms with Crippen molar-refractivity contribution in [2.24, 2.45) is 43.7 Å². The van der Waals surface area contributed by atoms with Gasteiger partial charge in [0.1, 0.15) is 12.2 Å². The lowest BCUT2D eigenvalue weighted by Gasteiger charge is -2.38. The zero-order valence-corrected chi connectivity index (χ0v) is 18.1. The minimum Gasteiger partial charge on any atom is -0.443 e.